The first-order valence-electron chi connectivity index (χ1n) is 7.26. The predicted molar refractivity (Wildman–Crippen MR) is 79.9 cm³/mol. The normalized spacial score (nSPS) is 20.7. The van der Waals surface area contributed by atoms with Gasteiger partial charge in [0, 0.05) is 39.3 Å². The van der Waals surface area contributed by atoms with Crippen molar-refractivity contribution in [2.45, 2.75) is 31.7 Å². The van der Waals surface area contributed by atoms with Gasteiger partial charge in [-0.1, -0.05) is 0 Å². The third-order valence-electron chi connectivity index (χ3n) is 3.45. The van der Waals surface area contributed by atoms with Crippen molar-refractivity contribution in [1.82, 2.24) is 9.80 Å². The summed E-state index contributed by atoms with van der Waals surface area (Å²) < 4.78 is 5.48. The van der Waals surface area contributed by atoms with Crippen molar-refractivity contribution in [2.24, 2.45) is 0 Å². The molecule has 0 amide bonds. The molecule has 1 unspecified atom stereocenters. The minimum atomic E-state index is -1.93. The zero-order chi connectivity index (χ0) is 14.3. The van der Waals surface area contributed by atoms with Gasteiger partial charge in [-0.3, -0.25) is 4.90 Å². The van der Waals surface area contributed by atoms with Gasteiger partial charge in [0.25, 0.3) is 0 Å². The van der Waals surface area contributed by atoms with E-state index >= 15 is 0 Å². The van der Waals surface area contributed by atoms with Crippen molar-refractivity contribution in [3.8, 4) is 0 Å². The zero-order valence-corrected chi connectivity index (χ0v) is 13.6. The van der Waals surface area contributed by atoms with E-state index < -0.39 is 14.4 Å². The Kier molecular flexibility index (Phi) is 7.49. The Bertz CT molecular complexity index is 241. The Balaban J connectivity index is 2.00. The maximum absolute atomic E-state index is 9.91. The molecule has 0 spiro atoms. The summed E-state index contributed by atoms with van der Waals surface area (Å²) in [5, 5.41) is 9.91. The molecule has 0 aromatic heterocycles. The van der Waals surface area contributed by atoms with E-state index in [1.165, 1.54) is 0 Å². The van der Waals surface area contributed by atoms with Crippen LogP contribution in [0.3, 0.4) is 0 Å². The third kappa shape index (κ3) is 8.72. The lowest BCUT2D eigenvalue weighted by Gasteiger charge is -2.33. The van der Waals surface area contributed by atoms with Gasteiger partial charge in [0.2, 0.25) is 0 Å². The maximum Gasteiger partial charge on any atom is 0.182 e. The average molecular weight is 290 g/mol. The Labute approximate surface area is 118 Å². The smallest absolute Gasteiger partial charge is 0.182 e. The number of likely N-dealkylation sites (N-methyl/N-ethyl adjacent to an activating group) is 1. The number of nitrogens with zero attached hydrogens (tertiary/aromatic N) is 2. The van der Waals surface area contributed by atoms with Crippen LogP contribution in [0.25, 0.3) is 0 Å². The second-order valence-electron chi connectivity index (χ2n) is 6.25. The Morgan fingerprint density at radius 3 is 2.42 bits per heavy atom. The van der Waals surface area contributed by atoms with Crippen LogP contribution in [0.1, 0.15) is 6.42 Å². The van der Waals surface area contributed by atoms with E-state index in [1.54, 1.807) is 0 Å². The summed E-state index contributed by atoms with van der Waals surface area (Å²) in [4.78, 5) is 14.3. The summed E-state index contributed by atoms with van der Waals surface area (Å²) in [5.41, 5.74) is 0. The Morgan fingerprint density at radius 2 is 1.84 bits per heavy atom. The fourth-order valence-electron chi connectivity index (χ4n) is 2.21. The molecule has 0 aromatic carbocycles. The molecule has 6 heteroatoms. The fourth-order valence-corrected chi connectivity index (χ4v) is 3.22. The molecule has 1 saturated heterocycles. The Morgan fingerprint density at radius 1 is 1.21 bits per heavy atom. The Hall–Kier alpha value is 0.0169. The quantitative estimate of drug-likeness (QED) is 0.494. The van der Waals surface area contributed by atoms with Crippen LogP contribution in [-0.4, -0.2) is 87.1 Å². The summed E-state index contributed by atoms with van der Waals surface area (Å²) in [6.45, 7) is 9.82. The second kappa shape index (κ2) is 8.34. The highest BCUT2D eigenvalue weighted by Gasteiger charge is 2.18. The lowest BCUT2D eigenvalue weighted by atomic mass is 10.3. The molecule has 0 radical (unpaired) electrons. The van der Waals surface area contributed by atoms with Gasteiger partial charge in [-0.15, -0.1) is 0 Å². The number of hydrogen-bond acceptors (Lipinski definition) is 5. The highest BCUT2D eigenvalue weighted by molar-refractivity contribution is 6.69. The van der Waals surface area contributed by atoms with Crippen LogP contribution in [0, 0.1) is 0 Å². The molecule has 0 aliphatic carbocycles. The van der Waals surface area contributed by atoms with E-state index in [-0.39, 0.29) is 0 Å². The molecule has 19 heavy (non-hydrogen) atoms. The lowest BCUT2D eigenvalue weighted by molar-refractivity contribution is 0.00899. The van der Waals surface area contributed by atoms with Gasteiger partial charge in [-0.05, 0) is 32.6 Å². The van der Waals surface area contributed by atoms with E-state index in [1.807, 2.05) is 13.1 Å². The number of aliphatic hydroxyl groups is 1. The first-order valence-corrected chi connectivity index (χ1v) is 10.4. The summed E-state index contributed by atoms with van der Waals surface area (Å²) >= 11 is 0. The number of β-amino-alcohol motifs (C(OH)–C–C–N with tert-alkyl or cyclic N) is 1. The average Bonchev–Trinajstić information content (AvgIpc) is 2.30. The van der Waals surface area contributed by atoms with Crippen LogP contribution >= 0.6 is 0 Å². The predicted octanol–water partition coefficient (Wildman–Crippen LogP) is 0.199. The largest absolute Gasteiger partial charge is 0.432 e. The van der Waals surface area contributed by atoms with Crippen molar-refractivity contribution in [2.75, 3.05) is 53.0 Å². The van der Waals surface area contributed by atoms with Crippen LogP contribution in [0.5, 0.6) is 0 Å². The summed E-state index contributed by atoms with van der Waals surface area (Å²) in [6.07, 6.45) is 0.486. The van der Waals surface area contributed by atoms with E-state index in [4.69, 9.17) is 4.74 Å². The van der Waals surface area contributed by atoms with Crippen LogP contribution in [0.15, 0.2) is 0 Å². The molecule has 0 saturated carbocycles. The van der Waals surface area contributed by atoms with Gasteiger partial charge in [0.1, 0.15) is 0 Å². The van der Waals surface area contributed by atoms with Crippen LogP contribution in [0.4, 0.5) is 0 Å². The van der Waals surface area contributed by atoms with Crippen molar-refractivity contribution >= 4 is 8.32 Å². The highest BCUT2D eigenvalue weighted by Crippen LogP contribution is 2.07. The van der Waals surface area contributed by atoms with Crippen molar-refractivity contribution < 1.29 is 14.6 Å². The lowest BCUT2D eigenvalue weighted by Crippen LogP contribution is -2.47. The molecular formula is C13H30N2O3Si. The van der Waals surface area contributed by atoms with Gasteiger partial charge in [0.15, 0.2) is 8.32 Å². The summed E-state index contributed by atoms with van der Waals surface area (Å²) in [6, 6.07) is 0.863. The van der Waals surface area contributed by atoms with Gasteiger partial charge in [-0.25, -0.2) is 0 Å². The first-order chi connectivity index (χ1) is 8.87. The molecule has 0 aromatic rings. The van der Waals surface area contributed by atoms with Crippen molar-refractivity contribution in [3.63, 3.8) is 0 Å². The van der Waals surface area contributed by atoms with Crippen molar-refractivity contribution in [3.05, 3.63) is 0 Å². The number of piperazine rings is 1. The molecule has 1 aliphatic rings. The number of rotatable bonds is 8. The minimum absolute atomic E-state index is 0.400. The number of aliphatic hydroxyl groups excluding tert-OH is 1. The second-order valence-corrected chi connectivity index (χ2v) is 10.4. The molecular weight excluding hydrogens is 260 g/mol. The standard InChI is InChI=1S/C13H30N2O3Si/c1-14-5-7-15(8-6-14)11-13(16)12-18-9-4-10-19(2,3)17/h13,16-17H,4-12H2,1-3H3. The summed E-state index contributed by atoms with van der Waals surface area (Å²) in [5.74, 6) is 0. The van der Waals surface area contributed by atoms with Crippen LogP contribution < -0.4 is 0 Å². The molecule has 1 rings (SSSR count). The molecule has 1 atom stereocenters. The van der Waals surface area contributed by atoms with Crippen molar-refractivity contribution in [1.29, 1.82) is 0 Å². The van der Waals surface area contributed by atoms with Gasteiger partial charge >= 0.3 is 0 Å². The molecule has 5 nitrogen and oxygen atoms in total. The zero-order valence-electron chi connectivity index (χ0n) is 12.6. The first kappa shape index (κ1) is 17.1. The fraction of sp³-hybridized carbons (Fsp3) is 1.00. The van der Waals surface area contributed by atoms with Gasteiger partial charge in [0.05, 0.1) is 12.7 Å². The third-order valence-corrected chi connectivity index (χ3v) is 5.03. The molecule has 1 aliphatic heterocycles. The maximum atomic E-state index is 9.91. The van der Waals surface area contributed by atoms with E-state index in [2.05, 4.69) is 16.8 Å². The van der Waals surface area contributed by atoms with Crippen LogP contribution in [0.2, 0.25) is 19.1 Å². The molecule has 1 fully saturated rings. The monoisotopic (exact) mass is 290 g/mol. The number of hydrogen-bond donors (Lipinski definition) is 2. The molecule has 1 heterocycles. The molecule has 0 bridgehead atoms. The topological polar surface area (TPSA) is 56.2 Å². The van der Waals surface area contributed by atoms with Gasteiger partial charge in [-0.2, -0.15) is 0 Å². The molecule has 2 N–H and O–H groups in total. The summed E-state index contributed by atoms with van der Waals surface area (Å²) in [7, 11) is 0.196. The van der Waals surface area contributed by atoms with E-state index in [0.717, 1.165) is 38.6 Å². The molecule has 114 valence electrons. The van der Waals surface area contributed by atoms with Gasteiger partial charge < -0.3 is 19.5 Å². The van der Waals surface area contributed by atoms with E-state index in [0.29, 0.717) is 19.8 Å². The van der Waals surface area contributed by atoms with Crippen LogP contribution in [-0.2, 0) is 4.74 Å². The minimum Gasteiger partial charge on any atom is -0.432 e. The highest BCUT2D eigenvalue weighted by atomic mass is 28.4. The SMILES string of the molecule is CN1CCN(CC(O)COCCC[Si](C)(C)O)CC1. The number of ether oxygens (including phenoxy) is 1. The van der Waals surface area contributed by atoms with E-state index in [9.17, 15) is 9.90 Å².